The Hall–Kier alpha value is -1.36. The zero-order valence-corrected chi connectivity index (χ0v) is 6.30. The number of rotatable bonds is 2. The lowest BCUT2D eigenvalue weighted by atomic mass is 10.1. The van der Waals surface area contributed by atoms with Gasteiger partial charge in [0.1, 0.15) is 0 Å². The molecule has 0 aliphatic carbocycles. The first kappa shape index (κ1) is 8.73. The number of nitrogens with zero attached hydrogens (tertiary/aromatic N) is 1. The Labute approximate surface area is 68.9 Å². The van der Waals surface area contributed by atoms with Gasteiger partial charge in [0.15, 0.2) is 0 Å². The van der Waals surface area contributed by atoms with E-state index >= 15 is 0 Å². The van der Waals surface area contributed by atoms with Gasteiger partial charge in [-0.2, -0.15) is 0 Å². The van der Waals surface area contributed by atoms with Crippen molar-refractivity contribution in [3.8, 4) is 0 Å². The van der Waals surface area contributed by atoms with Gasteiger partial charge in [-0.15, -0.1) is 0 Å². The summed E-state index contributed by atoms with van der Waals surface area (Å²) in [6.07, 6.45) is 1.31. The summed E-state index contributed by atoms with van der Waals surface area (Å²) < 4.78 is 0. The minimum atomic E-state index is -1.15. The maximum atomic E-state index is 10.9. The highest BCUT2D eigenvalue weighted by atomic mass is 16.4. The molecule has 0 bridgehead atoms. The molecule has 1 heterocycles. The summed E-state index contributed by atoms with van der Waals surface area (Å²) in [4.78, 5) is 22.3. The van der Waals surface area contributed by atoms with Gasteiger partial charge in [-0.05, 0) is 0 Å². The fourth-order valence-corrected chi connectivity index (χ4v) is 0.883. The highest BCUT2D eigenvalue weighted by molar-refractivity contribution is 5.94. The van der Waals surface area contributed by atoms with Gasteiger partial charge < -0.3 is 15.1 Å². The number of carbonyl (C=O) groups excluding carboxylic acids is 1. The predicted molar refractivity (Wildman–Crippen MR) is 39.4 cm³/mol. The molecule has 0 unspecified atom stereocenters. The number of carbonyl (C=O) groups is 2. The van der Waals surface area contributed by atoms with Crippen molar-refractivity contribution in [3.05, 3.63) is 12.2 Å². The van der Waals surface area contributed by atoms with E-state index in [1.54, 1.807) is 0 Å². The summed E-state index contributed by atoms with van der Waals surface area (Å²) in [6.45, 7) is 0.589. The number of aliphatic hydroxyl groups is 1. The van der Waals surface area contributed by atoms with Crippen LogP contribution in [0.25, 0.3) is 0 Å². The average molecular weight is 171 g/mol. The van der Waals surface area contributed by atoms with Crippen LogP contribution in [0.5, 0.6) is 0 Å². The number of likely N-dealkylation sites (tertiary alicyclic amines) is 1. The third-order valence-corrected chi connectivity index (χ3v) is 1.54. The largest absolute Gasteiger partial charge is 0.478 e. The fourth-order valence-electron chi connectivity index (χ4n) is 0.883. The first-order chi connectivity index (χ1) is 5.59. The van der Waals surface area contributed by atoms with Gasteiger partial charge >= 0.3 is 5.97 Å². The van der Waals surface area contributed by atoms with Crippen LogP contribution < -0.4 is 0 Å². The van der Waals surface area contributed by atoms with Crippen molar-refractivity contribution in [2.75, 3.05) is 13.1 Å². The van der Waals surface area contributed by atoms with Crippen molar-refractivity contribution in [2.24, 2.45) is 0 Å². The van der Waals surface area contributed by atoms with Gasteiger partial charge in [0.25, 0.3) is 0 Å². The SMILES string of the molecule is O=C(O)/C=C\C(=O)N1CC(O)C1. The van der Waals surface area contributed by atoms with Crippen molar-refractivity contribution in [1.29, 1.82) is 0 Å². The molecule has 1 aliphatic rings. The van der Waals surface area contributed by atoms with Gasteiger partial charge in [0.2, 0.25) is 5.91 Å². The molecule has 0 aromatic rings. The van der Waals surface area contributed by atoms with Crippen molar-refractivity contribution in [1.82, 2.24) is 4.90 Å². The topological polar surface area (TPSA) is 77.8 Å². The highest BCUT2D eigenvalue weighted by Gasteiger charge is 2.27. The van der Waals surface area contributed by atoms with E-state index in [0.29, 0.717) is 13.1 Å². The lowest BCUT2D eigenvalue weighted by Crippen LogP contribution is -2.52. The molecule has 5 heteroatoms. The first-order valence-electron chi connectivity index (χ1n) is 3.47. The summed E-state index contributed by atoms with van der Waals surface area (Å²) in [6, 6.07) is 0. The number of aliphatic carboxylic acids is 1. The summed E-state index contributed by atoms with van der Waals surface area (Å²) in [5, 5.41) is 17.0. The Morgan fingerprint density at radius 2 is 1.92 bits per heavy atom. The molecular formula is C7H9NO4. The van der Waals surface area contributed by atoms with Gasteiger partial charge in [-0.3, -0.25) is 4.79 Å². The predicted octanol–water partition coefficient (Wildman–Crippen LogP) is -1.17. The number of hydrogen-bond donors (Lipinski definition) is 2. The van der Waals surface area contributed by atoms with Crippen molar-refractivity contribution in [2.45, 2.75) is 6.10 Å². The molecule has 5 nitrogen and oxygen atoms in total. The second kappa shape index (κ2) is 3.36. The maximum absolute atomic E-state index is 10.9. The minimum absolute atomic E-state index is 0.294. The molecule has 2 N–H and O–H groups in total. The van der Waals surface area contributed by atoms with Crippen LogP contribution in [0.1, 0.15) is 0 Å². The number of carboxylic acid groups (broad SMARTS) is 1. The standard InChI is InChI=1S/C7H9NO4/c9-5-3-8(4-5)6(10)1-2-7(11)12/h1-2,5,9H,3-4H2,(H,11,12)/b2-1-. The summed E-state index contributed by atoms with van der Waals surface area (Å²) in [5.41, 5.74) is 0. The molecule has 66 valence electrons. The molecule has 0 saturated carbocycles. The van der Waals surface area contributed by atoms with Crippen LogP contribution in [0, 0.1) is 0 Å². The minimum Gasteiger partial charge on any atom is -0.478 e. The lowest BCUT2D eigenvalue weighted by molar-refractivity contribution is -0.136. The van der Waals surface area contributed by atoms with Gasteiger partial charge in [0.05, 0.1) is 6.10 Å². The number of hydrogen-bond acceptors (Lipinski definition) is 3. The normalized spacial score (nSPS) is 17.9. The Morgan fingerprint density at radius 3 is 2.33 bits per heavy atom. The van der Waals surface area contributed by atoms with E-state index in [2.05, 4.69) is 0 Å². The van der Waals surface area contributed by atoms with E-state index in [1.807, 2.05) is 0 Å². The molecule has 1 amide bonds. The molecule has 0 aromatic heterocycles. The number of carboxylic acids is 1. The quantitative estimate of drug-likeness (QED) is 0.513. The van der Waals surface area contributed by atoms with E-state index < -0.39 is 12.1 Å². The van der Waals surface area contributed by atoms with Crippen LogP contribution in [0.15, 0.2) is 12.2 Å². The van der Waals surface area contributed by atoms with Crippen LogP contribution in [0.3, 0.4) is 0 Å². The van der Waals surface area contributed by atoms with Crippen molar-refractivity contribution < 1.29 is 19.8 Å². The molecule has 1 rings (SSSR count). The van der Waals surface area contributed by atoms with Crippen molar-refractivity contribution >= 4 is 11.9 Å². The van der Waals surface area contributed by atoms with Gasteiger partial charge in [0, 0.05) is 25.2 Å². The van der Waals surface area contributed by atoms with E-state index in [1.165, 1.54) is 4.90 Å². The van der Waals surface area contributed by atoms with Crippen LogP contribution in [0.4, 0.5) is 0 Å². The van der Waals surface area contributed by atoms with Crippen LogP contribution in [-0.4, -0.2) is 46.2 Å². The van der Waals surface area contributed by atoms with Crippen LogP contribution >= 0.6 is 0 Å². The van der Waals surface area contributed by atoms with E-state index in [9.17, 15) is 9.59 Å². The monoisotopic (exact) mass is 171 g/mol. The Bertz CT molecular complexity index is 230. The zero-order chi connectivity index (χ0) is 9.14. The third-order valence-electron chi connectivity index (χ3n) is 1.54. The third kappa shape index (κ3) is 2.06. The second-order valence-corrected chi connectivity index (χ2v) is 2.57. The first-order valence-corrected chi connectivity index (χ1v) is 3.47. The van der Waals surface area contributed by atoms with E-state index in [-0.39, 0.29) is 5.91 Å². The fraction of sp³-hybridized carbons (Fsp3) is 0.429. The zero-order valence-electron chi connectivity index (χ0n) is 6.30. The van der Waals surface area contributed by atoms with E-state index in [4.69, 9.17) is 10.2 Å². The molecule has 1 aliphatic heterocycles. The number of amides is 1. The molecule has 0 radical (unpaired) electrons. The molecule has 0 aromatic carbocycles. The summed E-state index contributed by atoms with van der Waals surface area (Å²) in [5.74, 6) is -1.52. The van der Waals surface area contributed by atoms with Gasteiger partial charge in [-0.1, -0.05) is 0 Å². The molecule has 1 saturated heterocycles. The number of aliphatic hydroxyl groups excluding tert-OH is 1. The molecule has 12 heavy (non-hydrogen) atoms. The molecule has 0 spiro atoms. The van der Waals surface area contributed by atoms with Crippen LogP contribution in [0.2, 0.25) is 0 Å². The smallest absolute Gasteiger partial charge is 0.328 e. The van der Waals surface area contributed by atoms with E-state index in [0.717, 1.165) is 12.2 Å². The molecule has 0 atom stereocenters. The molecular weight excluding hydrogens is 162 g/mol. The summed E-state index contributed by atoms with van der Waals surface area (Å²) in [7, 11) is 0. The van der Waals surface area contributed by atoms with Crippen molar-refractivity contribution in [3.63, 3.8) is 0 Å². The molecule has 1 fully saturated rings. The average Bonchev–Trinajstić information content (AvgIpc) is 1.94. The Morgan fingerprint density at radius 1 is 1.33 bits per heavy atom. The Balaban J connectivity index is 2.35. The lowest BCUT2D eigenvalue weighted by Gasteiger charge is -2.34. The van der Waals surface area contributed by atoms with Gasteiger partial charge in [-0.25, -0.2) is 4.79 Å². The summed E-state index contributed by atoms with van der Waals surface area (Å²) >= 11 is 0. The highest BCUT2D eigenvalue weighted by Crippen LogP contribution is 2.07. The second-order valence-electron chi connectivity index (χ2n) is 2.57. The number of β-amino-alcohol motifs (C(OH)–C–C–N with tert-alkyl or cyclic N) is 1. The maximum Gasteiger partial charge on any atom is 0.328 e. The Kier molecular flexibility index (Phi) is 2.44. The van der Waals surface area contributed by atoms with Crippen LogP contribution in [-0.2, 0) is 9.59 Å².